The minimum absolute atomic E-state index is 0.519. The summed E-state index contributed by atoms with van der Waals surface area (Å²) in [5.74, 6) is 0.786. The molecule has 1 fully saturated rings. The van der Waals surface area contributed by atoms with Gasteiger partial charge in [0.2, 0.25) is 0 Å². The van der Waals surface area contributed by atoms with Gasteiger partial charge in [-0.05, 0) is 56.5 Å². The molecule has 6 heteroatoms. The van der Waals surface area contributed by atoms with Gasteiger partial charge in [0.1, 0.15) is 17.3 Å². The number of ether oxygens (including phenoxy) is 2. The topological polar surface area (TPSA) is 21.7 Å². The van der Waals surface area contributed by atoms with Crippen molar-refractivity contribution in [3.8, 4) is 5.75 Å². The number of hydrogen-bond donors (Lipinski definition) is 0. The highest BCUT2D eigenvalue weighted by molar-refractivity contribution is 9.11. The van der Waals surface area contributed by atoms with Gasteiger partial charge in [0.25, 0.3) is 0 Å². The van der Waals surface area contributed by atoms with Crippen molar-refractivity contribution in [1.29, 1.82) is 0 Å². The van der Waals surface area contributed by atoms with Gasteiger partial charge in [-0.15, -0.1) is 0 Å². The normalized spacial score (nSPS) is 14.4. The minimum Gasteiger partial charge on any atom is -0.487 e. The summed E-state index contributed by atoms with van der Waals surface area (Å²) in [5, 5.41) is 0. The highest BCUT2D eigenvalue weighted by Gasteiger charge is 2.18. The van der Waals surface area contributed by atoms with Crippen molar-refractivity contribution in [2.45, 2.75) is 13.5 Å². The lowest BCUT2D eigenvalue weighted by Crippen LogP contribution is -2.40. The van der Waals surface area contributed by atoms with Crippen LogP contribution in [0.15, 0.2) is 45.3 Å². The molecule has 3 rings (SSSR count). The number of nitrogens with zero attached hydrogens (tertiary/aromatic N) is 1. The zero-order chi connectivity index (χ0) is 17.8. The molecule has 2 aromatic rings. The molecule has 1 aliphatic heterocycles. The van der Waals surface area contributed by atoms with E-state index in [9.17, 15) is 0 Å². The van der Waals surface area contributed by atoms with Crippen molar-refractivity contribution < 1.29 is 9.47 Å². The minimum atomic E-state index is 0.519. The Morgan fingerprint density at radius 3 is 2.32 bits per heavy atom. The zero-order valence-corrected chi connectivity index (χ0v) is 17.9. The molecule has 0 spiro atoms. The predicted molar refractivity (Wildman–Crippen MR) is 111 cm³/mol. The van der Waals surface area contributed by atoms with Crippen molar-refractivity contribution in [2.24, 2.45) is 0 Å². The van der Waals surface area contributed by atoms with Crippen LogP contribution in [0.4, 0.5) is 0 Å². The number of halogens is 2. The van der Waals surface area contributed by atoms with Crippen molar-refractivity contribution in [3.63, 3.8) is 0 Å². The van der Waals surface area contributed by atoms with Gasteiger partial charge in [-0.25, -0.2) is 0 Å². The van der Waals surface area contributed by atoms with Crippen LogP contribution in [0.3, 0.4) is 0 Å². The van der Waals surface area contributed by atoms with Crippen LogP contribution < -0.4 is 4.74 Å². The van der Waals surface area contributed by atoms with Crippen molar-refractivity contribution in [3.05, 3.63) is 62.0 Å². The van der Waals surface area contributed by atoms with Crippen LogP contribution in [-0.4, -0.2) is 36.2 Å². The summed E-state index contributed by atoms with van der Waals surface area (Å²) in [6.07, 6.45) is 0. The van der Waals surface area contributed by atoms with Crippen molar-refractivity contribution in [1.82, 2.24) is 4.90 Å². The van der Waals surface area contributed by atoms with Crippen LogP contribution in [0.2, 0.25) is 0 Å². The number of hydrogen-bond acceptors (Lipinski definition) is 3. The summed E-state index contributed by atoms with van der Waals surface area (Å²) in [6, 6.07) is 12.4. The van der Waals surface area contributed by atoms with Crippen LogP contribution in [0.5, 0.6) is 5.75 Å². The first-order valence-corrected chi connectivity index (χ1v) is 10.1. The molecule has 2 aromatic carbocycles. The molecule has 1 aliphatic rings. The van der Waals surface area contributed by atoms with Crippen LogP contribution in [0.1, 0.15) is 16.7 Å². The molecule has 0 aliphatic carbocycles. The third-order valence-electron chi connectivity index (χ3n) is 4.05. The SMILES string of the molecule is Cc1ccc(COc2c(Br)cc(C(=S)N3CCOCC3)cc2Br)cc1. The summed E-state index contributed by atoms with van der Waals surface area (Å²) >= 11 is 12.9. The van der Waals surface area contributed by atoms with E-state index >= 15 is 0 Å². The summed E-state index contributed by atoms with van der Waals surface area (Å²) in [5.41, 5.74) is 3.38. The molecule has 0 N–H and O–H groups in total. The second kappa shape index (κ2) is 8.62. The number of thiocarbonyl (C=S) groups is 1. The quantitative estimate of drug-likeness (QED) is 0.562. The second-order valence-electron chi connectivity index (χ2n) is 5.95. The Labute approximate surface area is 170 Å². The summed E-state index contributed by atoms with van der Waals surface area (Å²) in [7, 11) is 0. The smallest absolute Gasteiger partial charge is 0.148 e. The van der Waals surface area contributed by atoms with E-state index in [1.54, 1.807) is 0 Å². The van der Waals surface area contributed by atoms with Gasteiger partial charge < -0.3 is 14.4 Å². The Kier molecular flexibility index (Phi) is 6.49. The Balaban J connectivity index is 1.73. The van der Waals surface area contributed by atoms with Gasteiger partial charge >= 0.3 is 0 Å². The van der Waals surface area contributed by atoms with E-state index < -0.39 is 0 Å². The Hall–Kier alpha value is -0.950. The lowest BCUT2D eigenvalue weighted by Gasteiger charge is -2.29. The highest BCUT2D eigenvalue weighted by atomic mass is 79.9. The van der Waals surface area contributed by atoms with E-state index in [2.05, 4.69) is 67.9 Å². The average molecular weight is 485 g/mol. The van der Waals surface area contributed by atoms with E-state index in [1.165, 1.54) is 5.56 Å². The molecule has 0 unspecified atom stereocenters. The molecule has 132 valence electrons. The van der Waals surface area contributed by atoms with E-state index in [-0.39, 0.29) is 0 Å². The standard InChI is InChI=1S/C19H19Br2NO2S/c1-13-2-4-14(5-3-13)12-24-18-16(20)10-15(11-17(18)21)19(25)22-6-8-23-9-7-22/h2-5,10-11H,6-9,12H2,1H3. The average Bonchev–Trinajstić information content (AvgIpc) is 2.62. The van der Waals surface area contributed by atoms with Crippen LogP contribution in [0.25, 0.3) is 0 Å². The fourth-order valence-corrected chi connectivity index (χ4v) is 4.33. The second-order valence-corrected chi connectivity index (χ2v) is 8.04. The lowest BCUT2D eigenvalue weighted by molar-refractivity contribution is 0.0693. The molecular weight excluding hydrogens is 466 g/mol. The largest absolute Gasteiger partial charge is 0.487 e. The third kappa shape index (κ3) is 4.82. The highest BCUT2D eigenvalue weighted by Crippen LogP contribution is 2.36. The molecule has 1 heterocycles. The molecule has 0 aromatic heterocycles. The van der Waals surface area contributed by atoms with E-state index in [0.29, 0.717) is 6.61 Å². The first-order chi connectivity index (χ1) is 12.0. The zero-order valence-electron chi connectivity index (χ0n) is 13.9. The van der Waals surface area contributed by atoms with Gasteiger partial charge in [0.05, 0.1) is 22.2 Å². The molecule has 0 radical (unpaired) electrons. The Morgan fingerprint density at radius 1 is 1.12 bits per heavy atom. The Bertz CT molecular complexity index is 736. The number of aryl methyl sites for hydroxylation is 1. The first-order valence-electron chi connectivity index (χ1n) is 8.09. The fraction of sp³-hybridized carbons (Fsp3) is 0.316. The van der Waals surface area contributed by atoms with Gasteiger partial charge in [0, 0.05) is 18.7 Å². The molecule has 0 saturated carbocycles. The molecule has 1 saturated heterocycles. The number of morpholine rings is 1. The summed E-state index contributed by atoms with van der Waals surface area (Å²) in [4.78, 5) is 3.02. The van der Waals surface area contributed by atoms with Crippen LogP contribution in [0, 0.1) is 6.92 Å². The molecule has 3 nitrogen and oxygen atoms in total. The third-order valence-corrected chi connectivity index (χ3v) is 5.72. The monoisotopic (exact) mass is 483 g/mol. The van der Waals surface area contributed by atoms with Crippen molar-refractivity contribution >= 4 is 49.1 Å². The number of benzene rings is 2. The van der Waals surface area contributed by atoms with Crippen LogP contribution in [-0.2, 0) is 11.3 Å². The maximum atomic E-state index is 6.00. The molecule has 0 amide bonds. The lowest BCUT2D eigenvalue weighted by atomic mass is 10.1. The Morgan fingerprint density at radius 2 is 1.72 bits per heavy atom. The fourth-order valence-electron chi connectivity index (χ4n) is 2.61. The van der Waals surface area contributed by atoms with Gasteiger partial charge in [0.15, 0.2) is 0 Å². The molecule has 0 bridgehead atoms. The molecular formula is C19H19Br2NO2S. The first kappa shape index (κ1) is 18.8. The summed E-state index contributed by atoms with van der Waals surface area (Å²) < 4.78 is 13.2. The van der Waals surface area contributed by atoms with Gasteiger partial charge in [-0.1, -0.05) is 42.0 Å². The van der Waals surface area contributed by atoms with E-state index in [1.807, 2.05) is 12.1 Å². The van der Waals surface area contributed by atoms with Gasteiger partial charge in [-0.3, -0.25) is 0 Å². The maximum Gasteiger partial charge on any atom is 0.148 e. The van der Waals surface area contributed by atoms with Crippen molar-refractivity contribution in [2.75, 3.05) is 26.3 Å². The summed E-state index contributed by atoms with van der Waals surface area (Å²) in [6.45, 7) is 5.71. The molecule has 25 heavy (non-hydrogen) atoms. The van der Waals surface area contributed by atoms with E-state index in [4.69, 9.17) is 21.7 Å². The van der Waals surface area contributed by atoms with Crippen LogP contribution >= 0.6 is 44.1 Å². The maximum absolute atomic E-state index is 6.00. The molecule has 0 atom stereocenters. The van der Waals surface area contributed by atoms with Gasteiger partial charge in [-0.2, -0.15) is 0 Å². The number of rotatable bonds is 4. The predicted octanol–water partition coefficient (Wildman–Crippen LogP) is 5.11. The van der Waals surface area contributed by atoms with E-state index in [0.717, 1.165) is 57.1 Å².